The van der Waals surface area contributed by atoms with E-state index in [1.807, 2.05) is 6.08 Å². The number of benzene rings is 3. The highest BCUT2D eigenvalue weighted by Gasteiger charge is 2.42. The van der Waals surface area contributed by atoms with Crippen LogP contribution in [0.5, 0.6) is 0 Å². The van der Waals surface area contributed by atoms with Gasteiger partial charge in [0.1, 0.15) is 0 Å². The molecule has 0 radical (unpaired) electrons. The second-order valence-corrected chi connectivity index (χ2v) is 9.74. The lowest BCUT2D eigenvalue weighted by molar-refractivity contribution is -0.115. The maximum Gasteiger partial charge on any atom is 0.155 e. The summed E-state index contributed by atoms with van der Waals surface area (Å²) in [6.45, 7) is 2.15. The predicted octanol–water partition coefficient (Wildman–Crippen LogP) is 7.24. The minimum absolute atomic E-state index is 0.217. The smallest absolute Gasteiger partial charge is 0.155 e. The molecular formula is C31H29NO. The highest BCUT2D eigenvalue weighted by atomic mass is 16.1. The predicted molar refractivity (Wildman–Crippen MR) is 135 cm³/mol. The molecule has 0 bridgehead atoms. The number of ketones is 1. The van der Waals surface area contributed by atoms with Crippen LogP contribution < -0.4 is 0 Å². The first-order chi connectivity index (χ1) is 16.2. The molecule has 0 spiro atoms. The van der Waals surface area contributed by atoms with E-state index >= 15 is 0 Å². The van der Waals surface area contributed by atoms with Gasteiger partial charge in [0.05, 0.1) is 0 Å². The number of hydrogen-bond donors (Lipinski definition) is 1. The van der Waals surface area contributed by atoms with Crippen LogP contribution in [0.25, 0.3) is 10.9 Å². The standard InChI is InChI=1S/C31H29NO/c1-20-14-16-21(17-15-20)26-19-28-31(25-12-5-6-13-27(25)32-28)30(22-8-3-2-4-9-22)29(26)23-10-7-11-24(33)18-23/h2-6,8-9,12-18,26,29-30,32H,7,10-11,19H2,1H3/t26-,29+,30-/m0/s1. The van der Waals surface area contributed by atoms with Crippen LogP contribution in [0.2, 0.25) is 0 Å². The normalized spacial score (nSPS) is 22.8. The summed E-state index contributed by atoms with van der Waals surface area (Å²) < 4.78 is 0. The van der Waals surface area contributed by atoms with Crippen molar-refractivity contribution in [3.05, 3.63) is 118 Å². The maximum atomic E-state index is 12.6. The van der Waals surface area contributed by atoms with E-state index in [1.54, 1.807) is 0 Å². The molecule has 3 atom stereocenters. The van der Waals surface area contributed by atoms with Gasteiger partial charge in [0, 0.05) is 28.9 Å². The fourth-order valence-corrected chi connectivity index (χ4v) is 6.22. The molecule has 2 nitrogen and oxygen atoms in total. The van der Waals surface area contributed by atoms with Crippen LogP contribution in [0.1, 0.15) is 59.0 Å². The number of carbonyl (C=O) groups excluding carboxylic acids is 1. The molecule has 4 aromatic rings. The number of nitrogens with one attached hydrogen (secondary N) is 1. The van der Waals surface area contributed by atoms with Crippen LogP contribution in [0.3, 0.4) is 0 Å². The van der Waals surface area contributed by atoms with Crippen LogP contribution in [-0.4, -0.2) is 10.8 Å². The van der Waals surface area contributed by atoms with Gasteiger partial charge >= 0.3 is 0 Å². The van der Waals surface area contributed by atoms with E-state index in [-0.39, 0.29) is 17.6 Å². The number of hydrogen-bond acceptors (Lipinski definition) is 1. The molecule has 164 valence electrons. The summed E-state index contributed by atoms with van der Waals surface area (Å²) in [6.07, 6.45) is 5.61. The second kappa shape index (κ2) is 8.19. The summed E-state index contributed by atoms with van der Waals surface area (Å²) >= 11 is 0. The Bertz CT molecular complexity index is 1340. The van der Waals surface area contributed by atoms with Gasteiger partial charge in [0.2, 0.25) is 0 Å². The van der Waals surface area contributed by atoms with Crippen molar-refractivity contribution in [3.8, 4) is 0 Å². The zero-order valence-electron chi connectivity index (χ0n) is 19.1. The molecule has 0 unspecified atom stereocenters. The second-order valence-electron chi connectivity index (χ2n) is 9.74. The van der Waals surface area contributed by atoms with Gasteiger partial charge in [-0.2, -0.15) is 0 Å². The summed E-state index contributed by atoms with van der Waals surface area (Å²) in [6, 6.07) is 28.7. The third-order valence-electron chi connectivity index (χ3n) is 7.68. The molecule has 1 heterocycles. The molecule has 2 aliphatic carbocycles. The van der Waals surface area contributed by atoms with Gasteiger partial charge in [-0.3, -0.25) is 4.79 Å². The van der Waals surface area contributed by atoms with E-state index in [2.05, 4.69) is 90.8 Å². The number of fused-ring (bicyclic) bond motifs is 3. The number of allylic oxidation sites excluding steroid dienone is 2. The molecule has 0 saturated carbocycles. The van der Waals surface area contributed by atoms with Crippen molar-refractivity contribution in [1.29, 1.82) is 0 Å². The number of aromatic amines is 1. The van der Waals surface area contributed by atoms with Gasteiger partial charge in [-0.1, -0.05) is 83.9 Å². The zero-order chi connectivity index (χ0) is 22.4. The molecule has 2 aliphatic rings. The van der Waals surface area contributed by atoms with Crippen LogP contribution in [0, 0.1) is 12.8 Å². The van der Waals surface area contributed by atoms with Gasteiger partial charge in [-0.15, -0.1) is 0 Å². The largest absolute Gasteiger partial charge is 0.358 e. The summed E-state index contributed by atoms with van der Waals surface area (Å²) in [4.78, 5) is 16.3. The number of aromatic nitrogens is 1. The number of carbonyl (C=O) groups is 1. The first-order valence-corrected chi connectivity index (χ1v) is 12.1. The molecule has 0 saturated heterocycles. The Labute approximate surface area is 195 Å². The third-order valence-corrected chi connectivity index (χ3v) is 7.68. The van der Waals surface area contributed by atoms with Crippen molar-refractivity contribution in [2.24, 2.45) is 5.92 Å². The average Bonchev–Trinajstić information content (AvgIpc) is 3.22. The van der Waals surface area contributed by atoms with Crippen LogP contribution in [-0.2, 0) is 11.2 Å². The Morgan fingerprint density at radius 3 is 2.36 bits per heavy atom. The molecule has 3 aromatic carbocycles. The molecule has 0 aliphatic heterocycles. The quantitative estimate of drug-likeness (QED) is 0.364. The van der Waals surface area contributed by atoms with E-state index < -0.39 is 0 Å². The summed E-state index contributed by atoms with van der Waals surface area (Å²) in [5, 5.41) is 1.32. The lowest BCUT2D eigenvalue weighted by atomic mass is 9.62. The maximum absolute atomic E-state index is 12.6. The van der Waals surface area contributed by atoms with Gasteiger partial charge in [0.15, 0.2) is 5.78 Å². The average molecular weight is 432 g/mol. The zero-order valence-corrected chi connectivity index (χ0v) is 19.1. The molecule has 0 fully saturated rings. The van der Waals surface area contributed by atoms with E-state index in [4.69, 9.17) is 0 Å². The number of para-hydroxylation sites is 1. The molecule has 6 rings (SSSR count). The molecule has 1 aromatic heterocycles. The Balaban J connectivity index is 1.62. The first-order valence-electron chi connectivity index (χ1n) is 12.1. The minimum Gasteiger partial charge on any atom is -0.358 e. The fourth-order valence-electron chi connectivity index (χ4n) is 6.22. The van der Waals surface area contributed by atoms with E-state index in [1.165, 1.54) is 44.4 Å². The van der Waals surface area contributed by atoms with Crippen molar-refractivity contribution < 1.29 is 4.79 Å². The number of rotatable bonds is 3. The first kappa shape index (κ1) is 20.2. The molecule has 0 amide bonds. The van der Waals surface area contributed by atoms with E-state index in [0.717, 1.165) is 19.3 Å². The lowest BCUT2D eigenvalue weighted by Gasteiger charge is -2.41. The highest BCUT2D eigenvalue weighted by Crippen LogP contribution is 2.53. The SMILES string of the molecule is Cc1ccc([C@@H]2Cc3[nH]c4ccccc4c3[C@@H](c3ccccc3)[C@@H]2C2=CC(=O)CCC2)cc1. The van der Waals surface area contributed by atoms with Crippen molar-refractivity contribution >= 4 is 16.7 Å². The van der Waals surface area contributed by atoms with Crippen LogP contribution in [0.15, 0.2) is 90.5 Å². The molecule has 2 heteroatoms. The lowest BCUT2D eigenvalue weighted by Crippen LogP contribution is -2.31. The minimum atomic E-state index is 0.217. The van der Waals surface area contributed by atoms with Crippen LogP contribution in [0.4, 0.5) is 0 Å². The Morgan fingerprint density at radius 1 is 0.818 bits per heavy atom. The van der Waals surface area contributed by atoms with E-state index in [9.17, 15) is 4.79 Å². The number of aryl methyl sites for hydroxylation is 1. The summed E-state index contributed by atoms with van der Waals surface area (Å²) in [5.41, 5.74) is 9.30. The topological polar surface area (TPSA) is 32.9 Å². The van der Waals surface area contributed by atoms with E-state index in [0.29, 0.717) is 12.3 Å². The molecule has 33 heavy (non-hydrogen) atoms. The highest BCUT2D eigenvalue weighted by molar-refractivity contribution is 5.91. The molecular weight excluding hydrogens is 402 g/mol. The monoisotopic (exact) mass is 431 g/mol. The summed E-state index contributed by atoms with van der Waals surface area (Å²) in [5.74, 6) is 1.10. The third kappa shape index (κ3) is 3.54. The Hall–Kier alpha value is -3.39. The van der Waals surface area contributed by atoms with Crippen molar-refractivity contribution in [2.45, 2.75) is 44.4 Å². The van der Waals surface area contributed by atoms with Gasteiger partial charge in [-0.05, 0) is 66.9 Å². The number of H-pyrrole nitrogens is 1. The van der Waals surface area contributed by atoms with Crippen molar-refractivity contribution in [3.63, 3.8) is 0 Å². The fraction of sp³-hybridized carbons (Fsp3) is 0.258. The van der Waals surface area contributed by atoms with Gasteiger partial charge in [-0.25, -0.2) is 0 Å². The van der Waals surface area contributed by atoms with Crippen molar-refractivity contribution in [2.75, 3.05) is 0 Å². The van der Waals surface area contributed by atoms with Gasteiger partial charge < -0.3 is 4.98 Å². The Morgan fingerprint density at radius 2 is 1.58 bits per heavy atom. The summed E-state index contributed by atoms with van der Waals surface area (Å²) in [7, 11) is 0. The van der Waals surface area contributed by atoms with Gasteiger partial charge in [0.25, 0.3) is 0 Å². The molecule has 1 N–H and O–H groups in total. The van der Waals surface area contributed by atoms with Crippen molar-refractivity contribution in [1.82, 2.24) is 4.98 Å². The van der Waals surface area contributed by atoms with Crippen LogP contribution >= 0.6 is 0 Å². The Kier molecular flexibility index (Phi) is 5.02.